The molecule has 0 saturated heterocycles. The number of nitro groups is 1. The molecule has 9 heteroatoms. The maximum atomic E-state index is 12.0. The molecular formula is C16H14ClN3O5. The second-order valence-corrected chi connectivity index (χ2v) is 5.34. The van der Waals surface area contributed by atoms with E-state index in [1.807, 2.05) is 0 Å². The lowest BCUT2D eigenvalue weighted by atomic mass is 10.2. The van der Waals surface area contributed by atoms with Crippen molar-refractivity contribution in [1.29, 1.82) is 0 Å². The van der Waals surface area contributed by atoms with E-state index in [1.54, 1.807) is 12.1 Å². The van der Waals surface area contributed by atoms with Crippen LogP contribution in [-0.2, 0) is 9.59 Å². The van der Waals surface area contributed by atoms with Crippen LogP contribution in [0.25, 0.3) is 0 Å². The molecule has 2 aromatic rings. The average Bonchev–Trinajstić information content (AvgIpc) is 2.55. The lowest BCUT2D eigenvalue weighted by Crippen LogP contribution is -2.20. The lowest BCUT2D eigenvalue weighted by Gasteiger charge is -2.10. The van der Waals surface area contributed by atoms with E-state index in [0.717, 1.165) is 0 Å². The van der Waals surface area contributed by atoms with Gasteiger partial charge < -0.3 is 15.4 Å². The first-order valence-electron chi connectivity index (χ1n) is 7.10. The van der Waals surface area contributed by atoms with Crippen molar-refractivity contribution < 1.29 is 19.2 Å². The predicted molar refractivity (Wildman–Crippen MR) is 93.0 cm³/mol. The summed E-state index contributed by atoms with van der Waals surface area (Å²) in [4.78, 5) is 33.4. The molecule has 2 aromatic carbocycles. The summed E-state index contributed by atoms with van der Waals surface area (Å²) in [5.74, 6) is -0.822. The standard InChI is InChI=1S/C16H14ClN3O5/c1-10(21)18-13-8-11(6-7-12(13)17)19-16(22)9-25-15-5-3-2-4-14(15)20(23)24/h2-8H,9H2,1H3,(H,18,21)(H,19,22). The number of anilines is 2. The highest BCUT2D eigenvalue weighted by molar-refractivity contribution is 6.33. The molecule has 8 nitrogen and oxygen atoms in total. The molecule has 0 fully saturated rings. The van der Waals surface area contributed by atoms with Crippen molar-refractivity contribution in [3.05, 3.63) is 57.6 Å². The van der Waals surface area contributed by atoms with E-state index in [0.29, 0.717) is 16.4 Å². The highest BCUT2D eigenvalue weighted by atomic mass is 35.5. The van der Waals surface area contributed by atoms with Crippen molar-refractivity contribution in [1.82, 2.24) is 0 Å². The molecule has 0 aliphatic carbocycles. The number of halogens is 1. The summed E-state index contributed by atoms with van der Waals surface area (Å²) < 4.78 is 5.20. The predicted octanol–water partition coefficient (Wildman–Crippen LogP) is 3.22. The molecule has 130 valence electrons. The Bertz CT molecular complexity index is 825. The number of carbonyl (C=O) groups excluding carboxylic acids is 2. The van der Waals surface area contributed by atoms with Crippen LogP contribution < -0.4 is 15.4 Å². The third kappa shape index (κ3) is 5.18. The fourth-order valence-corrected chi connectivity index (χ4v) is 2.12. The Morgan fingerprint density at radius 2 is 1.92 bits per heavy atom. The Kier molecular flexibility index (Phi) is 5.91. The minimum absolute atomic E-state index is 0.00214. The van der Waals surface area contributed by atoms with Gasteiger partial charge in [-0.05, 0) is 24.3 Å². The number of ether oxygens (including phenoxy) is 1. The molecule has 0 bridgehead atoms. The maximum Gasteiger partial charge on any atom is 0.310 e. The summed E-state index contributed by atoms with van der Waals surface area (Å²) in [5, 5.41) is 16.3. The van der Waals surface area contributed by atoms with Crippen LogP contribution in [0.1, 0.15) is 6.92 Å². The van der Waals surface area contributed by atoms with Crippen LogP contribution >= 0.6 is 11.6 Å². The van der Waals surface area contributed by atoms with E-state index in [1.165, 1.54) is 37.3 Å². The number of hydrogen-bond donors (Lipinski definition) is 2. The van der Waals surface area contributed by atoms with Gasteiger partial charge in [-0.25, -0.2) is 0 Å². The number of rotatable bonds is 6. The maximum absolute atomic E-state index is 12.0. The van der Waals surface area contributed by atoms with E-state index < -0.39 is 17.4 Å². The van der Waals surface area contributed by atoms with E-state index >= 15 is 0 Å². The van der Waals surface area contributed by atoms with Crippen LogP contribution in [0.15, 0.2) is 42.5 Å². The smallest absolute Gasteiger partial charge is 0.310 e. The number of nitrogens with zero attached hydrogens (tertiary/aromatic N) is 1. The molecule has 2 amide bonds. The van der Waals surface area contributed by atoms with Crippen molar-refractivity contribution >= 4 is 40.5 Å². The number of nitrogens with one attached hydrogen (secondary N) is 2. The first-order chi connectivity index (χ1) is 11.9. The van der Waals surface area contributed by atoms with Gasteiger partial charge in [0.2, 0.25) is 5.91 Å². The zero-order valence-electron chi connectivity index (χ0n) is 13.1. The molecule has 25 heavy (non-hydrogen) atoms. The van der Waals surface area contributed by atoms with Gasteiger partial charge in [0, 0.05) is 18.7 Å². The van der Waals surface area contributed by atoms with E-state index in [4.69, 9.17) is 16.3 Å². The van der Waals surface area contributed by atoms with Gasteiger partial charge in [-0.15, -0.1) is 0 Å². The van der Waals surface area contributed by atoms with Gasteiger partial charge >= 0.3 is 5.69 Å². The Labute approximate surface area is 147 Å². The number of para-hydroxylation sites is 2. The van der Waals surface area contributed by atoms with Crippen molar-refractivity contribution in [2.75, 3.05) is 17.2 Å². The molecule has 0 heterocycles. The first kappa shape index (κ1) is 18.2. The van der Waals surface area contributed by atoms with Crippen LogP contribution in [0, 0.1) is 10.1 Å². The normalized spacial score (nSPS) is 10.0. The fourth-order valence-electron chi connectivity index (χ4n) is 1.96. The molecule has 0 atom stereocenters. The van der Waals surface area contributed by atoms with Crippen molar-refractivity contribution in [2.24, 2.45) is 0 Å². The average molecular weight is 364 g/mol. The van der Waals surface area contributed by atoms with Gasteiger partial charge in [-0.3, -0.25) is 19.7 Å². The van der Waals surface area contributed by atoms with Crippen LogP contribution in [0.2, 0.25) is 5.02 Å². The van der Waals surface area contributed by atoms with E-state index in [2.05, 4.69) is 10.6 Å². The molecule has 0 unspecified atom stereocenters. The summed E-state index contributed by atoms with van der Waals surface area (Å²) in [6.07, 6.45) is 0. The van der Waals surface area contributed by atoms with Gasteiger partial charge in [0.1, 0.15) is 0 Å². The molecule has 0 aliphatic rings. The highest BCUT2D eigenvalue weighted by Gasteiger charge is 2.15. The van der Waals surface area contributed by atoms with Crippen LogP contribution in [0.3, 0.4) is 0 Å². The monoisotopic (exact) mass is 363 g/mol. The van der Waals surface area contributed by atoms with Gasteiger partial charge in [0.15, 0.2) is 12.4 Å². The first-order valence-corrected chi connectivity index (χ1v) is 7.48. The van der Waals surface area contributed by atoms with Crippen molar-refractivity contribution in [3.63, 3.8) is 0 Å². The molecule has 0 radical (unpaired) electrons. The fraction of sp³-hybridized carbons (Fsp3) is 0.125. The van der Waals surface area contributed by atoms with Crippen LogP contribution in [-0.4, -0.2) is 23.3 Å². The molecule has 0 spiro atoms. The largest absolute Gasteiger partial charge is 0.477 e. The number of carbonyl (C=O) groups is 2. The Hall–Kier alpha value is -3.13. The summed E-state index contributed by atoms with van der Waals surface area (Å²) in [7, 11) is 0. The van der Waals surface area contributed by atoms with Crippen LogP contribution in [0.5, 0.6) is 5.75 Å². The summed E-state index contributed by atoms with van der Waals surface area (Å²) >= 11 is 5.95. The molecule has 0 aromatic heterocycles. The Morgan fingerprint density at radius 3 is 2.60 bits per heavy atom. The molecule has 0 saturated carbocycles. The number of amides is 2. The van der Waals surface area contributed by atoms with E-state index in [9.17, 15) is 19.7 Å². The second-order valence-electron chi connectivity index (χ2n) is 4.94. The Morgan fingerprint density at radius 1 is 1.20 bits per heavy atom. The quantitative estimate of drug-likeness (QED) is 0.604. The Balaban J connectivity index is 2.01. The number of benzene rings is 2. The zero-order valence-corrected chi connectivity index (χ0v) is 13.9. The SMILES string of the molecule is CC(=O)Nc1cc(NC(=O)COc2ccccc2[N+](=O)[O-])ccc1Cl. The summed E-state index contributed by atoms with van der Waals surface area (Å²) in [6.45, 7) is 0.922. The topological polar surface area (TPSA) is 111 Å². The molecule has 2 rings (SSSR count). The van der Waals surface area contributed by atoms with Gasteiger partial charge in [0.05, 0.1) is 15.6 Å². The van der Waals surface area contributed by atoms with Gasteiger partial charge in [0.25, 0.3) is 5.91 Å². The zero-order chi connectivity index (χ0) is 18.4. The lowest BCUT2D eigenvalue weighted by molar-refractivity contribution is -0.385. The summed E-state index contributed by atoms with van der Waals surface area (Å²) in [6, 6.07) is 10.3. The minimum Gasteiger partial charge on any atom is -0.477 e. The minimum atomic E-state index is -0.591. The third-order valence-electron chi connectivity index (χ3n) is 2.98. The van der Waals surface area contributed by atoms with Gasteiger partial charge in [-0.2, -0.15) is 0 Å². The number of hydrogen-bond acceptors (Lipinski definition) is 5. The molecule has 2 N–H and O–H groups in total. The third-order valence-corrected chi connectivity index (χ3v) is 3.31. The number of nitro benzene ring substituents is 1. The highest BCUT2D eigenvalue weighted by Crippen LogP contribution is 2.27. The molecule has 0 aliphatic heterocycles. The van der Waals surface area contributed by atoms with Gasteiger partial charge in [-0.1, -0.05) is 23.7 Å². The van der Waals surface area contributed by atoms with E-state index in [-0.39, 0.29) is 17.3 Å². The van der Waals surface area contributed by atoms with Crippen LogP contribution in [0.4, 0.5) is 17.1 Å². The molecular weight excluding hydrogens is 350 g/mol. The van der Waals surface area contributed by atoms with Crippen molar-refractivity contribution in [3.8, 4) is 5.75 Å². The van der Waals surface area contributed by atoms with Crippen molar-refractivity contribution in [2.45, 2.75) is 6.92 Å². The second kappa shape index (κ2) is 8.11. The summed E-state index contributed by atoms with van der Waals surface area (Å²) in [5.41, 5.74) is 0.519.